The Kier molecular flexibility index (Phi) is 4.17. The van der Waals surface area contributed by atoms with E-state index >= 15 is 0 Å². The molecule has 2 aromatic rings. The molecule has 20 heavy (non-hydrogen) atoms. The minimum atomic E-state index is -3.96. The fourth-order valence-corrected chi connectivity index (χ4v) is 3.67. The van der Waals surface area contributed by atoms with Crippen LogP contribution in [-0.2, 0) is 16.6 Å². The van der Waals surface area contributed by atoms with Crippen LogP contribution in [0.2, 0.25) is 0 Å². The fourth-order valence-electron chi connectivity index (χ4n) is 1.67. The van der Waals surface area contributed by atoms with Crippen molar-refractivity contribution in [2.24, 2.45) is 0 Å². The number of benzene rings is 1. The lowest BCUT2D eigenvalue weighted by Gasteiger charge is -2.06. The molecular weight excluding hydrogens is 306 g/mol. The first-order valence-corrected chi connectivity index (χ1v) is 7.96. The van der Waals surface area contributed by atoms with Crippen LogP contribution in [0.1, 0.15) is 15.6 Å². The molecule has 1 aromatic carbocycles. The second-order valence-electron chi connectivity index (χ2n) is 4.17. The molecule has 108 valence electrons. The number of nitrogens with one attached hydrogen (secondary N) is 1. The number of hydrogen-bond donors (Lipinski definition) is 1. The number of nitrogens with zero attached hydrogens (tertiary/aromatic N) is 1. The Morgan fingerprint density at radius 2 is 1.80 bits per heavy atom. The summed E-state index contributed by atoms with van der Waals surface area (Å²) in [6, 6.07) is 2.17. The summed E-state index contributed by atoms with van der Waals surface area (Å²) in [6.45, 7) is 3.63. The first-order valence-electron chi connectivity index (χ1n) is 5.66. The van der Waals surface area contributed by atoms with Gasteiger partial charge in [-0.05, 0) is 26.0 Å². The molecule has 0 atom stereocenters. The van der Waals surface area contributed by atoms with E-state index in [1.165, 1.54) is 11.3 Å². The van der Waals surface area contributed by atoms with Gasteiger partial charge in [-0.1, -0.05) is 0 Å². The lowest BCUT2D eigenvalue weighted by atomic mass is 10.3. The van der Waals surface area contributed by atoms with Crippen molar-refractivity contribution in [2.75, 3.05) is 0 Å². The van der Waals surface area contributed by atoms with Crippen molar-refractivity contribution in [3.63, 3.8) is 0 Å². The Hall–Kier alpha value is -1.38. The van der Waals surface area contributed by atoms with Gasteiger partial charge in [0.05, 0.1) is 15.6 Å². The van der Waals surface area contributed by atoms with Gasteiger partial charge in [-0.2, -0.15) is 0 Å². The van der Waals surface area contributed by atoms with Crippen molar-refractivity contribution in [1.29, 1.82) is 0 Å². The molecule has 4 nitrogen and oxygen atoms in total. The van der Waals surface area contributed by atoms with Crippen LogP contribution in [0.5, 0.6) is 0 Å². The van der Waals surface area contributed by atoms with Crippen molar-refractivity contribution in [2.45, 2.75) is 25.3 Å². The van der Waals surface area contributed by atoms with Gasteiger partial charge < -0.3 is 0 Å². The molecule has 0 aliphatic rings. The van der Waals surface area contributed by atoms with E-state index in [1.54, 1.807) is 6.92 Å². The molecule has 1 aromatic heterocycles. The Labute approximate surface area is 119 Å². The quantitative estimate of drug-likeness (QED) is 0.942. The Balaban J connectivity index is 2.21. The number of aromatic nitrogens is 1. The highest BCUT2D eigenvalue weighted by Gasteiger charge is 2.17. The minimum absolute atomic E-state index is 0.0395. The third kappa shape index (κ3) is 3.38. The highest BCUT2D eigenvalue weighted by Crippen LogP contribution is 2.18. The van der Waals surface area contributed by atoms with Gasteiger partial charge in [0, 0.05) is 17.5 Å². The van der Waals surface area contributed by atoms with Gasteiger partial charge in [0.15, 0.2) is 0 Å². The normalized spacial score (nSPS) is 11.8. The lowest BCUT2D eigenvalue weighted by molar-refractivity contribution is 0.561. The predicted molar refractivity (Wildman–Crippen MR) is 72.0 cm³/mol. The van der Waals surface area contributed by atoms with Gasteiger partial charge in [0.2, 0.25) is 10.0 Å². The zero-order valence-electron chi connectivity index (χ0n) is 10.8. The van der Waals surface area contributed by atoms with E-state index in [0.29, 0.717) is 6.07 Å². The third-order valence-corrected chi connectivity index (χ3v) is 5.02. The monoisotopic (exact) mass is 318 g/mol. The summed E-state index contributed by atoms with van der Waals surface area (Å²) in [6.07, 6.45) is 0. The number of hydrogen-bond acceptors (Lipinski definition) is 4. The Morgan fingerprint density at radius 3 is 2.30 bits per heavy atom. The Morgan fingerprint density at radius 1 is 1.20 bits per heavy atom. The molecule has 0 unspecified atom stereocenters. The molecule has 0 spiro atoms. The standard InChI is InChI=1S/C12H12F2N2O2S2/c1-7-12(19-8(2)16-7)6-15-20(17,18)11-4-9(13)3-10(14)5-11/h3-5,15H,6H2,1-2H3. The van der Waals surface area contributed by atoms with Crippen molar-refractivity contribution in [1.82, 2.24) is 9.71 Å². The smallest absolute Gasteiger partial charge is 0.241 e. The molecule has 1 N–H and O–H groups in total. The summed E-state index contributed by atoms with van der Waals surface area (Å²) in [5.41, 5.74) is 0.737. The SMILES string of the molecule is Cc1nc(C)c(CNS(=O)(=O)c2cc(F)cc(F)c2)s1. The van der Waals surface area contributed by atoms with Crippen molar-refractivity contribution >= 4 is 21.4 Å². The van der Waals surface area contributed by atoms with Crippen LogP contribution in [0, 0.1) is 25.5 Å². The summed E-state index contributed by atoms with van der Waals surface area (Å²) in [5, 5.41) is 0.827. The number of sulfonamides is 1. The maximum atomic E-state index is 13.0. The number of thiazole rings is 1. The van der Waals surface area contributed by atoms with E-state index in [0.717, 1.165) is 27.7 Å². The first-order chi connectivity index (χ1) is 9.28. The summed E-state index contributed by atoms with van der Waals surface area (Å²) >= 11 is 1.37. The van der Waals surface area contributed by atoms with Gasteiger partial charge >= 0.3 is 0 Å². The number of aryl methyl sites for hydroxylation is 2. The van der Waals surface area contributed by atoms with Crippen LogP contribution >= 0.6 is 11.3 Å². The van der Waals surface area contributed by atoms with E-state index in [4.69, 9.17) is 0 Å². The first kappa shape index (κ1) is 15.0. The zero-order valence-corrected chi connectivity index (χ0v) is 12.4. The number of halogens is 2. The topological polar surface area (TPSA) is 59.1 Å². The highest BCUT2D eigenvalue weighted by molar-refractivity contribution is 7.89. The van der Waals surface area contributed by atoms with Gasteiger partial charge in [0.25, 0.3) is 0 Å². The molecule has 0 fully saturated rings. The largest absolute Gasteiger partial charge is 0.247 e. The maximum absolute atomic E-state index is 13.0. The van der Waals surface area contributed by atoms with Crippen LogP contribution < -0.4 is 4.72 Å². The van der Waals surface area contributed by atoms with Gasteiger partial charge in [-0.15, -0.1) is 11.3 Å². The van der Waals surface area contributed by atoms with Gasteiger partial charge in [-0.3, -0.25) is 0 Å². The predicted octanol–water partition coefficient (Wildman–Crippen LogP) is 2.52. The van der Waals surface area contributed by atoms with Crippen molar-refractivity contribution in [3.05, 3.63) is 45.4 Å². The summed E-state index contributed by atoms with van der Waals surface area (Å²) < 4.78 is 52.3. The van der Waals surface area contributed by atoms with E-state index in [-0.39, 0.29) is 6.54 Å². The average Bonchev–Trinajstić information content (AvgIpc) is 2.64. The summed E-state index contributed by atoms with van der Waals surface area (Å²) in [5.74, 6) is -1.87. The average molecular weight is 318 g/mol. The van der Waals surface area contributed by atoms with Crippen molar-refractivity contribution < 1.29 is 17.2 Å². The maximum Gasteiger partial charge on any atom is 0.241 e. The van der Waals surface area contributed by atoms with E-state index in [2.05, 4.69) is 9.71 Å². The molecule has 0 bridgehead atoms. The Bertz CT molecular complexity index is 722. The van der Waals surface area contributed by atoms with Crippen LogP contribution in [0.15, 0.2) is 23.1 Å². The van der Waals surface area contributed by atoms with Crippen LogP contribution in [0.4, 0.5) is 8.78 Å². The van der Waals surface area contributed by atoms with Gasteiger partial charge in [0.1, 0.15) is 11.6 Å². The zero-order chi connectivity index (χ0) is 14.9. The minimum Gasteiger partial charge on any atom is -0.247 e. The molecule has 0 amide bonds. The molecule has 0 aliphatic carbocycles. The molecule has 0 saturated carbocycles. The molecule has 1 heterocycles. The lowest BCUT2D eigenvalue weighted by Crippen LogP contribution is -2.23. The second-order valence-corrected chi connectivity index (χ2v) is 7.23. The second kappa shape index (κ2) is 5.55. The van der Waals surface area contributed by atoms with Crippen LogP contribution in [0.25, 0.3) is 0 Å². The van der Waals surface area contributed by atoms with E-state index in [9.17, 15) is 17.2 Å². The number of rotatable bonds is 4. The fraction of sp³-hybridized carbons (Fsp3) is 0.250. The summed E-state index contributed by atoms with van der Waals surface area (Å²) in [4.78, 5) is 4.51. The highest BCUT2D eigenvalue weighted by atomic mass is 32.2. The third-order valence-electron chi connectivity index (χ3n) is 2.57. The van der Waals surface area contributed by atoms with E-state index in [1.807, 2.05) is 6.92 Å². The molecule has 8 heteroatoms. The molecule has 2 rings (SSSR count). The molecular formula is C12H12F2N2O2S2. The molecule has 0 radical (unpaired) electrons. The molecule has 0 saturated heterocycles. The van der Waals surface area contributed by atoms with Crippen LogP contribution in [0.3, 0.4) is 0 Å². The summed E-state index contributed by atoms with van der Waals surface area (Å²) in [7, 11) is -3.96. The molecule has 0 aliphatic heterocycles. The van der Waals surface area contributed by atoms with E-state index < -0.39 is 26.6 Å². The van der Waals surface area contributed by atoms with Crippen LogP contribution in [-0.4, -0.2) is 13.4 Å². The van der Waals surface area contributed by atoms with Gasteiger partial charge in [-0.25, -0.2) is 26.9 Å². The van der Waals surface area contributed by atoms with Crippen molar-refractivity contribution in [3.8, 4) is 0 Å².